The van der Waals surface area contributed by atoms with Gasteiger partial charge in [0.2, 0.25) is 5.43 Å². The van der Waals surface area contributed by atoms with Crippen LogP contribution in [0.3, 0.4) is 0 Å². The summed E-state index contributed by atoms with van der Waals surface area (Å²) in [5.41, 5.74) is 1.38. The first-order chi connectivity index (χ1) is 11.6. The van der Waals surface area contributed by atoms with E-state index < -0.39 is 0 Å². The lowest BCUT2D eigenvalue weighted by Gasteiger charge is -2.06. The van der Waals surface area contributed by atoms with E-state index in [1.54, 1.807) is 36.6 Å². The normalized spacial score (nSPS) is 10.8. The number of carbonyl (C=O) groups excluding carboxylic acids is 1. The first-order valence-corrected chi connectivity index (χ1v) is 8.35. The van der Waals surface area contributed by atoms with Crippen LogP contribution in [0.4, 0.5) is 0 Å². The number of nitrogens with zero attached hydrogens (tertiary/aromatic N) is 1. The Morgan fingerprint density at radius 2 is 2.25 bits per heavy atom. The van der Waals surface area contributed by atoms with Crippen molar-refractivity contribution in [2.24, 2.45) is 0 Å². The van der Waals surface area contributed by atoms with Crippen LogP contribution in [0, 0.1) is 6.92 Å². The van der Waals surface area contributed by atoms with Crippen molar-refractivity contribution in [3.63, 3.8) is 0 Å². The minimum Gasteiger partial charge on any atom is -0.497 e. The predicted octanol–water partition coefficient (Wildman–Crippen LogP) is 2.27. The van der Waals surface area contributed by atoms with E-state index in [0.717, 1.165) is 10.7 Å². The van der Waals surface area contributed by atoms with Crippen LogP contribution in [-0.4, -0.2) is 29.5 Å². The fourth-order valence-corrected chi connectivity index (χ4v) is 3.07. The highest BCUT2D eigenvalue weighted by atomic mass is 32.1. The molecule has 0 bridgehead atoms. The van der Waals surface area contributed by atoms with Crippen molar-refractivity contribution in [1.82, 2.24) is 15.3 Å². The van der Waals surface area contributed by atoms with E-state index in [1.165, 1.54) is 6.20 Å². The van der Waals surface area contributed by atoms with E-state index in [9.17, 15) is 9.59 Å². The Balaban J connectivity index is 1.74. The molecule has 0 aliphatic heterocycles. The zero-order valence-electron chi connectivity index (χ0n) is 13.4. The van der Waals surface area contributed by atoms with Gasteiger partial charge >= 0.3 is 0 Å². The summed E-state index contributed by atoms with van der Waals surface area (Å²) in [6.45, 7) is 2.37. The maximum Gasteiger partial charge on any atom is 0.256 e. The first kappa shape index (κ1) is 16.2. The molecule has 0 unspecified atom stereocenters. The Kier molecular flexibility index (Phi) is 4.61. The maximum atomic E-state index is 12.5. The van der Waals surface area contributed by atoms with E-state index >= 15 is 0 Å². The van der Waals surface area contributed by atoms with E-state index in [2.05, 4.69) is 15.3 Å². The average Bonchev–Trinajstić information content (AvgIpc) is 3.00. The number of methoxy groups -OCH3 is 1. The molecule has 0 aliphatic rings. The molecule has 124 valence electrons. The number of aromatic amines is 1. The fraction of sp³-hybridized carbons (Fsp3) is 0.235. The highest BCUT2D eigenvalue weighted by molar-refractivity contribution is 7.09. The number of benzene rings is 1. The number of H-pyrrole nitrogens is 1. The molecular formula is C17H17N3O3S. The molecule has 0 fully saturated rings. The third-order valence-corrected chi connectivity index (χ3v) is 4.49. The molecule has 0 spiro atoms. The number of pyridine rings is 1. The second-order valence-corrected chi connectivity index (χ2v) is 6.37. The number of aryl methyl sites for hydroxylation is 1. The predicted molar refractivity (Wildman–Crippen MR) is 94.0 cm³/mol. The summed E-state index contributed by atoms with van der Waals surface area (Å²) in [4.78, 5) is 32.0. The summed E-state index contributed by atoms with van der Waals surface area (Å²) >= 11 is 1.58. The number of thiazole rings is 1. The minimum atomic E-state index is -0.388. The van der Waals surface area contributed by atoms with Gasteiger partial charge in [-0.1, -0.05) is 0 Å². The van der Waals surface area contributed by atoms with Crippen LogP contribution in [0.15, 0.2) is 34.6 Å². The number of aromatic nitrogens is 2. The molecule has 2 aromatic heterocycles. The lowest BCUT2D eigenvalue weighted by molar-refractivity contribution is 0.0953. The largest absolute Gasteiger partial charge is 0.497 e. The van der Waals surface area contributed by atoms with Crippen LogP contribution in [0.25, 0.3) is 10.9 Å². The van der Waals surface area contributed by atoms with Gasteiger partial charge in [-0.05, 0) is 19.1 Å². The summed E-state index contributed by atoms with van der Waals surface area (Å²) in [5.74, 6) is 0.259. The van der Waals surface area contributed by atoms with Gasteiger partial charge in [-0.25, -0.2) is 4.98 Å². The zero-order chi connectivity index (χ0) is 17.1. The van der Waals surface area contributed by atoms with Crippen molar-refractivity contribution in [3.05, 3.63) is 56.3 Å². The van der Waals surface area contributed by atoms with Gasteiger partial charge in [0.1, 0.15) is 11.3 Å². The van der Waals surface area contributed by atoms with Crippen molar-refractivity contribution in [3.8, 4) is 5.75 Å². The Hall–Kier alpha value is -2.67. The van der Waals surface area contributed by atoms with E-state index in [-0.39, 0.29) is 16.9 Å². The van der Waals surface area contributed by atoms with E-state index in [1.807, 2.05) is 12.3 Å². The molecule has 0 saturated heterocycles. The Morgan fingerprint density at radius 3 is 2.96 bits per heavy atom. The van der Waals surface area contributed by atoms with Gasteiger partial charge in [0.05, 0.1) is 23.3 Å². The smallest absolute Gasteiger partial charge is 0.256 e. The van der Waals surface area contributed by atoms with Crippen LogP contribution in [0.5, 0.6) is 5.75 Å². The molecule has 2 heterocycles. The van der Waals surface area contributed by atoms with Crippen molar-refractivity contribution in [1.29, 1.82) is 0 Å². The third kappa shape index (κ3) is 3.30. The van der Waals surface area contributed by atoms with Gasteiger partial charge in [-0.2, -0.15) is 0 Å². The molecule has 3 rings (SSSR count). The number of rotatable bonds is 5. The lowest BCUT2D eigenvalue weighted by atomic mass is 10.1. The third-order valence-electron chi connectivity index (χ3n) is 3.67. The van der Waals surface area contributed by atoms with Gasteiger partial charge in [0.25, 0.3) is 5.91 Å². The van der Waals surface area contributed by atoms with Crippen molar-refractivity contribution in [2.45, 2.75) is 13.3 Å². The number of nitrogens with one attached hydrogen (secondary N) is 2. The maximum absolute atomic E-state index is 12.5. The van der Waals surface area contributed by atoms with Crippen LogP contribution in [0.1, 0.15) is 21.1 Å². The highest BCUT2D eigenvalue weighted by Gasteiger charge is 2.13. The van der Waals surface area contributed by atoms with Crippen molar-refractivity contribution >= 4 is 28.1 Å². The molecule has 1 amide bonds. The van der Waals surface area contributed by atoms with Crippen LogP contribution >= 0.6 is 11.3 Å². The summed E-state index contributed by atoms with van der Waals surface area (Å²) < 4.78 is 5.13. The molecule has 0 aliphatic carbocycles. The summed E-state index contributed by atoms with van der Waals surface area (Å²) in [5, 5.41) is 6.19. The number of hydrogen-bond acceptors (Lipinski definition) is 5. The summed E-state index contributed by atoms with van der Waals surface area (Å²) in [6.07, 6.45) is 2.07. The second-order valence-electron chi connectivity index (χ2n) is 5.31. The average molecular weight is 343 g/mol. The number of ether oxygens (including phenoxy) is 1. The molecule has 2 N–H and O–H groups in total. The van der Waals surface area contributed by atoms with E-state index in [4.69, 9.17) is 4.74 Å². The van der Waals surface area contributed by atoms with Gasteiger partial charge in [-0.3, -0.25) is 9.59 Å². The van der Waals surface area contributed by atoms with Crippen molar-refractivity contribution in [2.75, 3.05) is 13.7 Å². The number of hydrogen-bond donors (Lipinski definition) is 2. The van der Waals surface area contributed by atoms with Gasteiger partial charge < -0.3 is 15.0 Å². The topological polar surface area (TPSA) is 84.1 Å². The zero-order valence-corrected chi connectivity index (χ0v) is 14.2. The van der Waals surface area contributed by atoms with Crippen molar-refractivity contribution < 1.29 is 9.53 Å². The molecular weight excluding hydrogens is 326 g/mol. The van der Waals surface area contributed by atoms with E-state index in [0.29, 0.717) is 29.6 Å². The molecule has 3 aromatic rings. The minimum absolute atomic E-state index is 0.0992. The van der Waals surface area contributed by atoms with Crippen LogP contribution in [-0.2, 0) is 6.42 Å². The monoisotopic (exact) mass is 343 g/mol. The molecule has 0 radical (unpaired) electrons. The SMILES string of the molecule is COc1ccc2c(=O)c(C(=O)NCCc3csc(C)n3)c[nH]c2c1. The van der Waals surface area contributed by atoms with Gasteiger partial charge in [0.15, 0.2) is 0 Å². The number of amides is 1. The summed E-state index contributed by atoms with van der Waals surface area (Å²) in [7, 11) is 1.56. The Morgan fingerprint density at radius 1 is 1.42 bits per heavy atom. The van der Waals surface area contributed by atoms with Gasteiger partial charge in [-0.15, -0.1) is 11.3 Å². The number of fused-ring (bicyclic) bond motifs is 1. The molecule has 6 nitrogen and oxygen atoms in total. The standard InChI is InChI=1S/C17H17N3O3S/c1-10-20-11(9-24-10)5-6-18-17(22)14-8-19-15-7-12(23-2)3-4-13(15)16(14)21/h3-4,7-9H,5-6H2,1-2H3,(H,18,22)(H,19,21). The molecule has 0 atom stereocenters. The van der Waals surface area contributed by atoms with Crippen LogP contribution in [0.2, 0.25) is 0 Å². The lowest BCUT2D eigenvalue weighted by Crippen LogP contribution is -2.30. The Bertz CT molecular complexity index is 946. The quantitative estimate of drug-likeness (QED) is 0.744. The summed E-state index contributed by atoms with van der Waals surface area (Å²) in [6, 6.07) is 5.08. The highest BCUT2D eigenvalue weighted by Crippen LogP contribution is 2.16. The molecule has 0 saturated carbocycles. The first-order valence-electron chi connectivity index (χ1n) is 7.47. The number of carbonyl (C=O) groups is 1. The van der Waals surface area contributed by atoms with Crippen LogP contribution < -0.4 is 15.5 Å². The van der Waals surface area contributed by atoms with Gasteiger partial charge in [0, 0.05) is 36.0 Å². The Labute approximate surface area is 142 Å². The fourth-order valence-electron chi connectivity index (χ4n) is 2.42. The second kappa shape index (κ2) is 6.84. The molecule has 1 aromatic carbocycles. The molecule has 7 heteroatoms. The molecule has 24 heavy (non-hydrogen) atoms.